The molecular formula is C27H33N3. The van der Waals surface area contributed by atoms with Crippen molar-refractivity contribution in [3.8, 4) is 0 Å². The summed E-state index contributed by atoms with van der Waals surface area (Å²) in [5.74, 6) is 0. The molecule has 0 aliphatic heterocycles. The Morgan fingerprint density at radius 1 is 0.700 bits per heavy atom. The predicted octanol–water partition coefficient (Wildman–Crippen LogP) is 6.97. The summed E-state index contributed by atoms with van der Waals surface area (Å²) < 4.78 is 0. The van der Waals surface area contributed by atoms with E-state index in [-0.39, 0.29) is 0 Å². The first-order valence-electron chi connectivity index (χ1n) is 10.9. The van der Waals surface area contributed by atoms with Crippen molar-refractivity contribution in [3.05, 3.63) is 89.5 Å². The van der Waals surface area contributed by atoms with Gasteiger partial charge in [-0.2, -0.15) is 5.10 Å². The minimum atomic E-state index is 0.987. The van der Waals surface area contributed by atoms with Crippen LogP contribution < -0.4 is 9.91 Å². The van der Waals surface area contributed by atoms with Crippen LogP contribution in [0.4, 0.5) is 17.1 Å². The van der Waals surface area contributed by atoms with Crippen LogP contribution in [0.2, 0.25) is 0 Å². The van der Waals surface area contributed by atoms with Crippen LogP contribution in [0.15, 0.2) is 77.9 Å². The number of rotatable bonds is 8. The zero-order valence-electron chi connectivity index (χ0n) is 18.9. The molecule has 0 radical (unpaired) electrons. The SMILES string of the molecule is CCc1ccc(N(/N=C(/C)c2ccc(N(CC)CC)cc2)c2ccc(C)cc2)cc1. The highest BCUT2D eigenvalue weighted by molar-refractivity contribution is 6.00. The molecule has 0 aliphatic carbocycles. The highest BCUT2D eigenvalue weighted by atomic mass is 15.5. The molecule has 156 valence electrons. The van der Waals surface area contributed by atoms with E-state index in [1.807, 2.05) is 5.01 Å². The normalized spacial score (nSPS) is 11.4. The molecule has 0 spiro atoms. The molecule has 0 unspecified atom stereocenters. The van der Waals surface area contributed by atoms with Gasteiger partial charge >= 0.3 is 0 Å². The van der Waals surface area contributed by atoms with Crippen molar-refractivity contribution in [1.29, 1.82) is 0 Å². The third kappa shape index (κ3) is 5.10. The molecule has 0 saturated heterocycles. The summed E-state index contributed by atoms with van der Waals surface area (Å²) in [6.45, 7) is 12.8. The van der Waals surface area contributed by atoms with E-state index in [9.17, 15) is 0 Å². The summed E-state index contributed by atoms with van der Waals surface area (Å²) >= 11 is 0. The van der Waals surface area contributed by atoms with Gasteiger partial charge in [-0.1, -0.05) is 48.9 Å². The second kappa shape index (κ2) is 10.1. The Morgan fingerprint density at radius 2 is 1.20 bits per heavy atom. The zero-order chi connectivity index (χ0) is 21.5. The van der Waals surface area contributed by atoms with E-state index in [4.69, 9.17) is 5.10 Å². The lowest BCUT2D eigenvalue weighted by Crippen LogP contribution is -2.21. The fraction of sp³-hybridized carbons (Fsp3) is 0.296. The first-order valence-corrected chi connectivity index (χ1v) is 10.9. The lowest BCUT2D eigenvalue weighted by molar-refractivity contribution is 0.866. The molecule has 0 N–H and O–H groups in total. The van der Waals surface area contributed by atoms with Crippen LogP contribution in [0.1, 0.15) is 44.4 Å². The lowest BCUT2D eigenvalue weighted by Gasteiger charge is -2.22. The zero-order valence-corrected chi connectivity index (χ0v) is 18.9. The molecule has 3 heteroatoms. The van der Waals surface area contributed by atoms with Gasteiger partial charge < -0.3 is 4.90 Å². The Labute approximate surface area is 181 Å². The molecule has 3 aromatic carbocycles. The van der Waals surface area contributed by atoms with Crippen molar-refractivity contribution >= 4 is 22.8 Å². The molecule has 3 rings (SSSR count). The van der Waals surface area contributed by atoms with Gasteiger partial charge in [0.2, 0.25) is 0 Å². The first kappa shape index (κ1) is 21.6. The van der Waals surface area contributed by atoms with Gasteiger partial charge in [-0.3, -0.25) is 0 Å². The second-order valence-corrected chi connectivity index (χ2v) is 7.57. The molecule has 0 amide bonds. The van der Waals surface area contributed by atoms with Gasteiger partial charge in [-0.25, -0.2) is 5.01 Å². The molecule has 3 nitrogen and oxygen atoms in total. The largest absolute Gasteiger partial charge is 0.372 e. The summed E-state index contributed by atoms with van der Waals surface area (Å²) in [4.78, 5) is 2.35. The van der Waals surface area contributed by atoms with Crippen LogP contribution in [0.3, 0.4) is 0 Å². The van der Waals surface area contributed by atoms with E-state index >= 15 is 0 Å². The highest BCUT2D eigenvalue weighted by Crippen LogP contribution is 2.27. The monoisotopic (exact) mass is 399 g/mol. The van der Waals surface area contributed by atoms with E-state index < -0.39 is 0 Å². The lowest BCUT2D eigenvalue weighted by atomic mass is 10.1. The Bertz CT molecular complexity index is 950. The number of benzene rings is 3. The van der Waals surface area contributed by atoms with Crippen LogP contribution in [0.5, 0.6) is 0 Å². The molecular weight excluding hydrogens is 366 g/mol. The Balaban J connectivity index is 1.96. The van der Waals surface area contributed by atoms with Gasteiger partial charge in [0.15, 0.2) is 0 Å². The van der Waals surface area contributed by atoms with Crippen molar-refractivity contribution in [2.45, 2.75) is 41.0 Å². The van der Waals surface area contributed by atoms with Crippen LogP contribution in [0.25, 0.3) is 0 Å². The topological polar surface area (TPSA) is 18.8 Å². The number of anilines is 3. The van der Waals surface area contributed by atoms with Crippen molar-refractivity contribution in [2.24, 2.45) is 5.10 Å². The maximum Gasteiger partial charge on any atom is 0.0655 e. The average molecular weight is 400 g/mol. The van der Waals surface area contributed by atoms with Crippen LogP contribution in [-0.4, -0.2) is 18.8 Å². The van der Waals surface area contributed by atoms with Crippen molar-refractivity contribution in [3.63, 3.8) is 0 Å². The minimum absolute atomic E-state index is 0.987. The smallest absolute Gasteiger partial charge is 0.0655 e. The molecule has 0 saturated carbocycles. The molecule has 0 fully saturated rings. The maximum atomic E-state index is 5.02. The minimum Gasteiger partial charge on any atom is -0.372 e. The van der Waals surface area contributed by atoms with E-state index in [0.717, 1.165) is 42.2 Å². The van der Waals surface area contributed by atoms with E-state index in [1.54, 1.807) is 0 Å². The molecule has 0 heterocycles. The predicted molar refractivity (Wildman–Crippen MR) is 131 cm³/mol. The molecule has 0 bridgehead atoms. The number of nitrogens with zero attached hydrogens (tertiary/aromatic N) is 3. The number of hydrogen-bond donors (Lipinski definition) is 0. The molecule has 0 aliphatic rings. The van der Waals surface area contributed by atoms with E-state index in [2.05, 4.69) is 112 Å². The third-order valence-electron chi connectivity index (χ3n) is 5.53. The molecule has 30 heavy (non-hydrogen) atoms. The quantitative estimate of drug-likeness (QED) is 0.301. The highest BCUT2D eigenvalue weighted by Gasteiger charge is 2.10. The summed E-state index contributed by atoms with van der Waals surface area (Å²) in [5, 5.41) is 7.06. The van der Waals surface area contributed by atoms with Crippen LogP contribution in [-0.2, 0) is 6.42 Å². The summed E-state index contributed by atoms with van der Waals surface area (Å²) in [6.07, 6.45) is 1.03. The van der Waals surface area contributed by atoms with Crippen molar-refractivity contribution in [1.82, 2.24) is 0 Å². The van der Waals surface area contributed by atoms with Crippen molar-refractivity contribution in [2.75, 3.05) is 23.0 Å². The number of aryl methyl sites for hydroxylation is 2. The first-order chi connectivity index (χ1) is 14.5. The second-order valence-electron chi connectivity index (χ2n) is 7.57. The Hall–Kier alpha value is -3.07. The van der Waals surface area contributed by atoms with Gasteiger partial charge in [-0.05, 0) is 81.6 Å². The van der Waals surface area contributed by atoms with E-state index in [0.29, 0.717) is 0 Å². The van der Waals surface area contributed by atoms with Crippen LogP contribution in [0, 0.1) is 6.92 Å². The standard InChI is InChI=1S/C27H33N3/c1-6-23-11-17-27(18-12-23)30(26-15-9-21(4)10-16-26)28-22(5)24-13-19-25(20-14-24)29(7-2)8-3/h9-20H,6-8H2,1-5H3/b28-22-. The Morgan fingerprint density at radius 3 is 1.70 bits per heavy atom. The van der Waals surface area contributed by atoms with Gasteiger partial charge in [0.25, 0.3) is 0 Å². The number of hydrazone groups is 1. The average Bonchev–Trinajstić information content (AvgIpc) is 2.79. The molecule has 0 aromatic heterocycles. The van der Waals surface area contributed by atoms with E-state index in [1.165, 1.54) is 16.8 Å². The van der Waals surface area contributed by atoms with Gasteiger partial charge in [0, 0.05) is 18.8 Å². The van der Waals surface area contributed by atoms with Crippen LogP contribution >= 0.6 is 0 Å². The Kier molecular flexibility index (Phi) is 7.29. The number of hydrogen-bond acceptors (Lipinski definition) is 3. The third-order valence-corrected chi connectivity index (χ3v) is 5.53. The maximum absolute atomic E-state index is 5.02. The van der Waals surface area contributed by atoms with Gasteiger partial charge in [0.1, 0.15) is 0 Å². The summed E-state index contributed by atoms with van der Waals surface area (Å²) in [6, 6.07) is 25.9. The van der Waals surface area contributed by atoms with Gasteiger partial charge in [-0.15, -0.1) is 0 Å². The fourth-order valence-corrected chi connectivity index (χ4v) is 3.53. The van der Waals surface area contributed by atoms with Gasteiger partial charge in [0.05, 0.1) is 17.1 Å². The fourth-order valence-electron chi connectivity index (χ4n) is 3.53. The van der Waals surface area contributed by atoms with Crippen molar-refractivity contribution < 1.29 is 0 Å². The summed E-state index contributed by atoms with van der Waals surface area (Å²) in [7, 11) is 0. The molecule has 0 atom stereocenters. The summed E-state index contributed by atoms with van der Waals surface area (Å²) in [5.41, 5.74) is 8.07. The molecule has 3 aromatic rings.